The predicted octanol–water partition coefficient (Wildman–Crippen LogP) is 6.88. The lowest BCUT2D eigenvalue weighted by atomic mass is 9.60. The van der Waals surface area contributed by atoms with Crippen molar-refractivity contribution in [1.29, 1.82) is 0 Å². The molecule has 198 valence electrons. The van der Waals surface area contributed by atoms with E-state index in [1.807, 2.05) is 0 Å². The van der Waals surface area contributed by atoms with E-state index < -0.39 is 0 Å². The normalized spacial score (nSPS) is 33.6. The molecule has 2 aliphatic heterocycles. The molecule has 38 heavy (non-hydrogen) atoms. The highest BCUT2D eigenvalue weighted by molar-refractivity contribution is 5.38. The number of hydrogen-bond acceptors (Lipinski definition) is 3. The topological polar surface area (TPSA) is 24.5 Å². The molecule has 0 spiro atoms. The Labute approximate surface area is 228 Å². The summed E-state index contributed by atoms with van der Waals surface area (Å²) in [6.07, 6.45) is 8.68. The Hall–Kier alpha value is -2.62. The van der Waals surface area contributed by atoms with E-state index in [-0.39, 0.29) is 0 Å². The molecule has 2 saturated carbocycles. The summed E-state index contributed by atoms with van der Waals surface area (Å²) in [5.41, 5.74) is 4.16. The summed E-state index contributed by atoms with van der Waals surface area (Å²) in [6.45, 7) is 2.11. The molecular weight excluding hydrogens is 464 g/mol. The molecule has 3 aromatic rings. The molecule has 2 saturated heterocycles. The second-order valence-corrected chi connectivity index (χ2v) is 12.3. The Morgan fingerprint density at radius 3 is 2.18 bits per heavy atom. The van der Waals surface area contributed by atoms with Crippen LogP contribution in [0.4, 0.5) is 0 Å². The monoisotopic (exact) mass is 506 g/mol. The molecule has 0 aromatic heterocycles. The van der Waals surface area contributed by atoms with Crippen LogP contribution < -0.4 is 10.1 Å². The summed E-state index contributed by atoms with van der Waals surface area (Å²) in [4.78, 5) is 3.03. The number of nitrogens with zero attached hydrogens (tertiary/aromatic N) is 1. The average molecular weight is 507 g/mol. The zero-order chi connectivity index (χ0) is 25.5. The SMILES string of the molecule is COc1ccccc1CNC1C2CN(C3C4CCCCC4CCC23)C1C(c1ccccc1)c1ccccc1. The Morgan fingerprint density at radius 2 is 1.45 bits per heavy atom. The van der Waals surface area contributed by atoms with Crippen LogP contribution in [0.15, 0.2) is 84.9 Å². The first-order valence-corrected chi connectivity index (χ1v) is 15.0. The Bertz CT molecular complexity index is 1170. The van der Waals surface area contributed by atoms with Crippen LogP contribution in [0.5, 0.6) is 5.75 Å². The average Bonchev–Trinajstić information content (AvgIpc) is 3.55. The van der Waals surface area contributed by atoms with Gasteiger partial charge in [-0.15, -0.1) is 0 Å². The van der Waals surface area contributed by atoms with Crippen molar-refractivity contribution in [2.24, 2.45) is 23.7 Å². The van der Waals surface area contributed by atoms with E-state index >= 15 is 0 Å². The molecule has 8 atom stereocenters. The molecule has 3 nitrogen and oxygen atoms in total. The van der Waals surface area contributed by atoms with Crippen LogP contribution in [0, 0.1) is 23.7 Å². The van der Waals surface area contributed by atoms with Gasteiger partial charge in [0.05, 0.1) is 7.11 Å². The molecule has 4 fully saturated rings. The van der Waals surface area contributed by atoms with Crippen molar-refractivity contribution < 1.29 is 4.74 Å². The third-order valence-corrected chi connectivity index (χ3v) is 10.7. The number of piperidine rings is 1. The van der Waals surface area contributed by atoms with E-state index in [4.69, 9.17) is 4.74 Å². The van der Waals surface area contributed by atoms with Gasteiger partial charge in [0.2, 0.25) is 0 Å². The van der Waals surface area contributed by atoms with E-state index in [0.717, 1.165) is 42.0 Å². The van der Waals surface area contributed by atoms with E-state index in [2.05, 4.69) is 95.1 Å². The molecule has 2 aliphatic carbocycles. The van der Waals surface area contributed by atoms with Crippen molar-refractivity contribution in [3.05, 3.63) is 102 Å². The minimum atomic E-state index is 0.363. The van der Waals surface area contributed by atoms with Gasteiger partial charge in [0.15, 0.2) is 0 Å². The number of methoxy groups -OCH3 is 1. The van der Waals surface area contributed by atoms with Crippen molar-refractivity contribution in [2.75, 3.05) is 13.7 Å². The Morgan fingerprint density at radius 1 is 0.763 bits per heavy atom. The number of nitrogens with one attached hydrogen (secondary N) is 1. The van der Waals surface area contributed by atoms with Gasteiger partial charge in [-0.1, -0.05) is 98.1 Å². The van der Waals surface area contributed by atoms with Gasteiger partial charge in [-0.2, -0.15) is 0 Å². The lowest BCUT2D eigenvalue weighted by molar-refractivity contribution is -0.0141. The summed E-state index contributed by atoms with van der Waals surface area (Å²) >= 11 is 0. The van der Waals surface area contributed by atoms with E-state index in [1.54, 1.807) is 7.11 Å². The van der Waals surface area contributed by atoms with Crippen molar-refractivity contribution in [3.63, 3.8) is 0 Å². The molecule has 3 heteroatoms. The maximum Gasteiger partial charge on any atom is 0.123 e. The molecule has 7 rings (SSSR count). The van der Waals surface area contributed by atoms with E-state index in [0.29, 0.717) is 18.0 Å². The first kappa shape index (κ1) is 24.4. The molecule has 3 aromatic carbocycles. The van der Waals surface area contributed by atoms with Gasteiger partial charge in [-0.25, -0.2) is 0 Å². The number of benzene rings is 3. The van der Waals surface area contributed by atoms with Crippen LogP contribution >= 0.6 is 0 Å². The molecule has 1 N–H and O–H groups in total. The fourth-order valence-corrected chi connectivity index (χ4v) is 9.21. The molecular formula is C35H42N2O. The molecule has 2 heterocycles. The zero-order valence-electron chi connectivity index (χ0n) is 22.7. The van der Waals surface area contributed by atoms with Gasteiger partial charge in [-0.3, -0.25) is 4.90 Å². The van der Waals surface area contributed by atoms with E-state index in [1.165, 1.54) is 61.8 Å². The smallest absolute Gasteiger partial charge is 0.123 e. The second-order valence-electron chi connectivity index (χ2n) is 12.3. The second kappa shape index (κ2) is 10.5. The molecule has 0 radical (unpaired) electrons. The standard InChI is InChI=1S/C35H42N2O/c1-38-31-19-11-9-17-27(31)22-36-33-30-23-37(34-28-18-10-8-12-24(28)20-21-29(30)34)35(33)32(25-13-4-2-5-14-25)26-15-6-3-7-16-26/h2-7,9,11,13-17,19,24,28-30,32-36H,8,10,12,18,20-23H2,1H3. The predicted molar refractivity (Wildman–Crippen MR) is 154 cm³/mol. The third-order valence-electron chi connectivity index (χ3n) is 10.7. The van der Waals surface area contributed by atoms with Crippen LogP contribution in [0.2, 0.25) is 0 Å². The highest BCUT2D eigenvalue weighted by Gasteiger charge is 2.61. The molecule has 2 bridgehead atoms. The van der Waals surface area contributed by atoms with Crippen LogP contribution in [-0.4, -0.2) is 36.7 Å². The molecule has 4 aliphatic rings. The third kappa shape index (κ3) is 4.19. The number of hydrogen-bond donors (Lipinski definition) is 1. The van der Waals surface area contributed by atoms with Crippen LogP contribution in [0.1, 0.15) is 61.1 Å². The van der Waals surface area contributed by atoms with Gasteiger partial charge in [0, 0.05) is 42.7 Å². The molecule has 0 amide bonds. The summed E-state index contributed by atoms with van der Waals surface area (Å²) in [6, 6.07) is 32.9. The summed E-state index contributed by atoms with van der Waals surface area (Å²) in [5.74, 6) is 4.77. The fourth-order valence-electron chi connectivity index (χ4n) is 9.21. The Balaban J connectivity index is 1.28. The quantitative estimate of drug-likeness (QED) is 0.378. The first-order valence-electron chi connectivity index (χ1n) is 15.0. The van der Waals surface area contributed by atoms with Gasteiger partial charge >= 0.3 is 0 Å². The fraction of sp³-hybridized carbons (Fsp3) is 0.486. The Kier molecular flexibility index (Phi) is 6.75. The van der Waals surface area contributed by atoms with Gasteiger partial charge in [-0.05, 0) is 60.1 Å². The van der Waals surface area contributed by atoms with Crippen molar-refractivity contribution in [1.82, 2.24) is 10.2 Å². The minimum absolute atomic E-state index is 0.363. The lowest BCUT2D eigenvalue weighted by Gasteiger charge is -2.54. The van der Waals surface area contributed by atoms with Crippen molar-refractivity contribution in [2.45, 2.75) is 69.1 Å². The number of fused-ring (bicyclic) bond motifs is 7. The van der Waals surface area contributed by atoms with Gasteiger partial charge in [0.25, 0.3) is 0 Å². The lowest BCUT2D eigenvalue weighted by Crippen LogP contribution is -2.61. The van der Waals surface area contributed by atoms with Crippen LogP contribution in [-0.2, 0) is 6.54 Å². The maximum absolute atomic E-state index is 5.73. The van der Waals surface area contributed by atoms with Crippen LogP contribution in [0.3, 0.4) is 0 Å². The first-order chi connectivity index (χ1) is 18.8. The summed E-state index contributed by atoms with van der Waals surface area (Å²) in [7, 11) is 1.79. The highest BCUT2D eigenvalue weighted by Crippen LogP contribution is 2.57. The zero-order valence-corrected chi connectivity index (χ0v) is 22.7. The summed E-state index contributed by atoms with van der Waals surface area (Å²) in [5, 5.41) is 4.16. The molecule has 8 unspecified atom stereocenters. The summed E-state index contributed by atoms with van der Waals surface area (Å²) < 4.78 is 5.73. The number of rotatable bonds is 7. The number of ether oxygens (including phenoxy) is 1. The van der Waals surface area contributed by atoms with Crippen molar-refractivity contribution >= 4 is 0 Å². The van der Waals surface area contributed by atoms with E-state index in [9.17, 15) is 0 Å². The van der Waals surface area contributed by atoms with Crippen molar-refractivity contribution in [3.8, 4) is 5.75 Å². The maximum atomic E-state index is 5.73. The largest absolute Gasteiger partial charge is 0.496 e. The van der Waals surface area contributed by atoms with Gasteiger partial charge in [0.1, 0.15) is 5.75 Å². The highest BCUT2D eigenvalue weighted by atomic mass is 16.5. The number of para-hydroxylation sites is 1. The minimum Gasteiger partial charge on any atom is -0.496 e. The van der Waals surface area contributed by atoms with Crippen LogP contribution in [0.25, 0.3) is 0 Å². The van der Waals surface area contributed by atoms with Gasteiger partial charge < -0.3 is 10.1 Å².